The van der Waals surface area contributed by atoms with Gasteiger partial charge in [0.2, 0.25) is 5.88 Å². The van der Waals surface area contributed by atoms with Crippen molar-refractivity contribution < 1.29 is 4.74 Å². The molecule has 0 saturated carbocycles. The van der Waals surface area contributed by atoms with Crippen molar-refractivity contribution >= 4 is 22.6 Å². The molecular weight excluding hydrogens is 327 g/mol. The number of aryl methyl sites for hydroxylation is 1. The van der Waals surface area contributed by atoms with Crippen LogP contribution in [0, 0.1) is 3.57 Å². The van der Waals surface area contributed by atoms with E-state index in [0.29, 0.717) is 5.88 Å². The Morgan fingerprint density at radius 3 is 2.65 bits per heavy atom. The molecule has 3 nitrogen and oxygen atoms in total. The van der Waals surface area contributed by atoms with Gasteiger partial charge in [-0.2, -0.15) is 0 Å². The fraction of sp³-hybridized carbons (Fsp3) is 0.231. The van der Waals surface area contributed by atoms with E-state index in [1.165, 1.54) is 3.57 Å². The number of halogens is 1. The van der Waals surface area contributed by atoms with Crippen LogP contribution in [0.25, 0.3) is 0 Å². The molecule has 0 aliphatic heterocycles. The van der Waals surface area contributed by atoms with Crippen LogP contribution in [-0.4, -0.2) is 9.97 Å². The normalized spacial score (nSPS) is 10.2. The van der Waals surface area contributed by atoms with Crippen LogP contribution in [0.1, 0.15) is 19.0 Å². The van der Waals surface area contributed by atoms with E-state index in [4.69, 9.17) is 4.74 Å². The van der Waals surface area contributed by atoms with Crippen LogP contribution in [0.3, 0.4) is 0 Å². The highest BCUT2D eigenvalue weighted by Crippen LogP contribution is 2.20. The molecule has 4 heteroatoms. The molecule has 0 unspecified atom stereocenters. The SMILES string of the molecule is CCCc1cc(Oc2ccc(I)cc2)ncn1. The number of benzene rings is 1. The first kappa shape index (κ1) is 12.3. The minimum absolute atomic E-state index is 0.602. The Morgan fingerprint density at radius 2 is 1.94 bits per heavy atom. The predicted octanol–water partition coefficient (Wildman–Crippen LogP) is 3.83. The zero-order valence-electron chi connectivity index (χ0n) is 9.56. The van der Waals surface area contributed by atoms with Gasteiger partial charge in [-0.05, 0) is 53.3 Å². The molecule has 2 aromatic rings. The number of rotatable bonds is 4. The average Bonchev–Trinajstić information content (AvgIpc) is 2.33. The Kier molecular flexibility index (Phi) is 4.30. The van der Waals surface area contributed by atoms with Crippen molar-refractivity contribution in [3.8, 4) is 11.6 Å². The number of aromatic nitrogens is 2. The number of nitrogens with zero attached hydrogens (tertiary/aromatic N) is 2. The quantitative estimate of drug-likeness (QED) is 0.794. The van der Waals surface area contributed by atoms with Crippen molar-refractivity contribution in [1.29, 1.82) is 0 Å². The van der Waals surface area contributed by atoms with E-state index in [0.717, 1.165) is 24.3 Å². The number of ether oxygens (including phenoxy) is 1. The summed E-state index contributed by atoms with van der Waals surface area (Å²) in [6.07, 6.45) is 3.57. The van der Waals surface area contributed by atoms with Gasteiger partial charge in [0.15, 0.2) is 0 Å². The van der Waals surface area contributed by atoms with Crippen molar-refractivity contribution in [2.24, 2.45) is 0 Å². The fourth-order valence-corrected chi connectivity index (χ4v) is 1.81. The number of hydrogen-bond acceptors (Lipinski definition) is 3. The van der Waals surface area contributed by atoms with Crippen LogP contribution in [0.15, 0.2) is 36.7 Å². The monoisotopic (exact) mass is 340 g/mol. The molecule has 0 fully saturated rings. The maximum Gasteiger partial charge on any atom is 0.222 e. The largest absolute Gasteiger partial charge is 0.439 e. The first-order valence-corrected chi connectivity index (χ1v) is 6.60. The maximum absolute atomic E-state index is 5.67. The second kappa shape index (κ2) is 5.95. The summed E-state index contributed by atoms with van der Waals surface area (Å²) < 4.78 is 6.85. The van der Waals surface area contributed by atoms with Crippen molar-refractivity contribution in [2.45, 2.75) is 19.8 Å². The summed E-state index contributed by atoms with van der Waals surface area (Å²) in [7, 11) is 0. The van der Waals surface area contributed by atoms with E-state index in [2.05, 4.69) is 39.5 Å². The maximum atomic E-state index is 5.67. The molecule has 1 aromatic carbocycles. The van der Waals surface area contributed by atoms with E-state index in [1.807, 2.05) is 30.3 Å². The van der Waals surface area contributed by atoms with Gasteiger partial charge in [0.1, 0.15) is 12.1 Å². The zero-order valence-corrected chi connectivity index (χ0v) is 11.7. The topological polar surface area (TPSA) is 35.0 Å². The zero-order chi connectivity index (χ0) is 12.1. The summed E-state index contributed by atoms with van der Waals surface area (Å²) in [5.74, 6) is 1.40. The highest BCUT2D eigenvalue weighted by atomic mass is 127. The van der Waals surface area contributed by atoms with Gasteiger partial charge in [-0.15, -0.1) is 0 Å². The second-order valence-electron chi connectivity index (χ2n) is 3.65. The van der Waals surface area contributed by atoms with Gasteiger partial charge in [0.25, 0.3) is 0 Å². The molecule has 0 aliphatic rings. The standard InChI is InChI=1S/C13H13IN2O/c1-2-3-11-8-13(16-9-15-11)17-12-6-4-10(14)5-7-12/h4-9H,2-3H2,1H3. The molecule has 0 aliphatic carbocycles. The van der Waals surface area contributed by atoms with Crippen molar-refractivity contribution in [3.63, 3.8) is 0 Å². The summed E-state index contributed by atoms with van der Waals surface area (Å²) in [5.41, 5.74) is 1.02. The minimum Gasteiger partial charge on any atom is -0.439 e. The van der Waals surface area contributed by atoms with E-state index in [9.17, 15) is 0 Å². The van der Waals surface area contributed by atoms with E-state index in [1.54, 1.807) is 6.33 Å². The molecule has 2 rings (SSSR count). The summed E-state index contributed by atoms with van der Waals surface area (Å²) in [4.78, 5) is 8.30. The molecule has 0 radical (unpaired) electrons. The van der Waals surface area contributed by atoms with Crippen LogP contribution in [-0.2, 0) is 6.42 Å². The Morgan fingerprint density at radius 1 is 1.18 bits per heavy atom. The molecule has 17 heavy (non-hydrogen) atoms. The number of hydrogen-bond donors (Lipinski definition) is 0. The molecule has 0 N–H and O–H groups in total. The Balaban J connectivity index is 2.12. The Labute approximate surface area is 114 Å². The summed E-state index contributed by atoms with van der Waals surface area (Å²) in [6, 6.07) is 9.77. The van der Waals surface area contributed by atoms with Crippen molar-refractivity contribution in [2.75, 3.05) is 0 Å². The van der Waals surface area contributed by atoms with Crippen LogP contribution in [0.2, 0.25) is 0 Å². The highest BCUT2D eigenvalue weighted by molar-refractivity contribution is 14.1. The van der Waals surface area contributed by atoms with Gasteiger partial charge < -0.3 is 4.74 Å². The molecule has 88 valence electrons. The third-order valence-electron chi connectivity index (χ3n) is 2.24. The third kappa shape index (κ3) is 3.66. The Hall–Kier alpha value is -1.17. The van der Waals surface area contributed by atoms with Gasteiger partial charge in [-0.3, -0.25) is 0 Å². The first-order chi connectivity index (χ1) is 8.28. The lowest BCUT2D eigenvalue weighted by Gasteiger charge is -2.05. The third-order valence-corrected chi connectivity index (χ3v) is 2.96. The van der Waals surface area contributed by atoms with Crippen LogP contribution < -0.4 is 4.74 Å². The van der Waals surface area contributed by atoms with Crippen LogP contribution in [0.5, 0.6) is 11.6 Å². The highest BCUT2D eigenvalue weighted by Gasteiger charge is 2.01. The molecule has 1 aromatic heterocycles. The molecule has 0 saturated heterocycles. The minimum atomic E-state index is 0.602. The predicted molar refractivity (Wildman–Crippen MR) is 75.3 cm³/mol. The molecule has 0 amide bonds. The smallest absolute Gasteiger partial charge is 0.222 e. The lowest BCUT2D eigenvalue weighted by molar-refractivity contribution is 0.460. The van der Waals surface area contributed by atoms with E-state index >= 15 is 0 Å². The summed E-state index contributed by atoms with van der Waals surface area (Å²) in [5, 5.41) is 0. The molecule has 1 heterocycles. The van der Waals surface area contributed by atoms with Gasteiger partial charge in [0.05, 0.1) is 0 Å². The molecule has 0 bridgehead atoms. The van der Waals surface area contributed by atoms with Crippen molar-refractivity contribution in [3.05, 3.63) is 45.9 Å². The van der Waals surface area contributed by atoms with Crippen LogP contribution in [0.4, 0.5) is 0 Å². The second-order valence-corrected chi connectivity index (χ2v) is 4.90. The first-order valence-electron chi connectivity index (χ1n) is 5.52. The fourth-order valence-electron chi connectivity index (χ4n) is 1.45. The van der Waals surface area contributed by atoms with Gasteiger partial charge in [0, 0.05) is 15.3 Å². The molecule has 0 spiro atoms. The molecular formula is C13H13IN2O. The molecule has 0 atom stereocenters. The summed E-state index contributed by atoms with van der Waals surface area (Å²) >= 11 is 2.26. The van der Waals surface area contributed by atoms with E-state index < -0.39 is 0 Å². The average molecular weight is 340 g/mol. The van der Waals surface area contributed by atoms with E-state index in [-0.39, 0.29) is 0 Å². The Bertz CT molecular complexity index is 485. The summed E-state index contributed by atoms with van der Waals surface area (Å²) in [6.45, 7) is 2.13. The lowest BCUT2D eigenvalue weighted by atomic mass is 10.2. The van der Waals surface area contributed by atoms with Gasteiger partial charge in [-0.25, -0.2) is 9.97 Å². The van der Waals surface area contributed by atoms with Crippen molar-refractivity contribution in [1.82, 2.24) is 9.97 Å². The van der Waals surface area contributed by atoms with Gasteiger partial charge in [-0.1, -0.05) is 13.3 Å². The van der Waals surface area contributed by atoms with Gasteiger partial charge >= 0.3 is 0 Å². The van der Waals surface area contributed by atoms with Crippen LogP contribution >= 0.6 is 22.6 Å². The lowest BCUT2D eigenvalue weighted by Crippen LogP contribution is -1.93.